The molecule has 0 saturated carbocycles. The third kappa shape index (κ3) is 2.85. The van der Waals surface area contributed by atoms with E-state index in [1.54, 1.807) is 0 Å². The molecule has 0 amide bonds. The van der Waals surface area contributed by atoms with Crippen LogP contribution in [0.4, 0.5) is 0 Å². The molecule has 1 aliphatic heterocycles. The molecule has 1 N–H and O–H groups in total. The molecule has 1 aromatic heterocycles. The highest BCUT2D eigenvalue weighted by atomic mass is 35.5. The van der Waals surface area contributed by atoms with Crippen LogP contribution < -0.4 is 0 Å². The lowest BCUT2D eigenvalue weighted by Crippen LogP contribution is -2.31. The Bertz CT molecular complexity index is 587. The van der Waals surface area contributed by atoms with Crippen molar-refractivity contribution in [2.45, 2.75) is 25.4 Å². The molecule has 2 aromatic rings. The average Bonchev–Trinajstić information content (AvgIpc) is 3.08. The summed E-state index contributed by atoms with van der Waals surface area (Å²) < 4.78 is 5.29. The Hall–Kier alpha value is -1.43. The lowest BCUT2D eigenvalue weighted by molar-refractivity contribution is 0.141. The van der Waals surface area contributed by atoms with Crippen molar-refractivity contribution in [2.75, 3.05) is 13.2 Å². The van der Waals surface area contributed by atoms with Crippen molar-refractivity contribution in [1.29, 1.82) is 0 Å². The summed E-state index contributed by atoms with van der Waals surface area (Å²) in [5, 5.41) is 13.9. The molecule has 1 saturated heterocycles. The second-order valence-corrected chi connectivity index (χ2v) is 5.41. The minimum atomic E-state index is 0.176. The summed E-state index contributed by atoms with van der Waals surface area (Å²) in [7, 11) is 0. The Morgan fingerprint density at radius 1 is 1.45 bits per heavy atom. The third-order valence-electron chi connectivity index (χ3n) is 3.60. The molecule has 1 aromatic carbocycles. The Kier molecular flexibility index (Phi) is 4.00. The van der Waals surface area contributed by atoms with E-state index in [2.05, 4.69) is 15.0 Å². The molecule has 0 spiro atoms. The number of benzene rings is 1. The third-order valence-corrected chi connectivity index (χ3v) is 3.83. The van der Waals surface area contributed by atoms with Gasteiger partial charge in [-0.05, 0) is 31.5 Å². The largest absolute Gasteiger partial charge is 0.395 e. The van der Waals surface area contributed by atoms with Gasteiger partial charge in [0, 0.05) is 16.6 Å². The van der Waals surface area contributed by atoms with Crippen molar-refractivity contribution >= 4 is 11.6 Å². The first kappa shape index (κ1) is 13.5. The highest BCUT2D eigenvalue weighted by molar-refractivity contribution is 6.30. The molecule has 0 radical (unpaired) electrons. The van der Waals surface area contributed by atoms with Crippen molar-refractivity contribution in [3.63, 3.8) is 0 Å². The van der Waals surface area contributed by atoms with Gasteiger partial charge in [0.05, 0.1) is 13.2 Å². The number of hydrogen-bond donors (Lipinski definition) is 1. The second kappa shape index (κ2) is 5.91. The van der Waals surface area contributed by atoms with E-state index in [0.717, 1.165) is 24.9 Å². The number of aliphatic hydroxyl groups is 1. The number of nitrogens with zero attached hydrogens (tertiary/aromatic N) is 3. The first-order valence-corrected chi connectivity index (χ1v) is 7.07. The maximum atomic E-state index is 9.31. The molecule has 0 unspecified atom stereocenters. The Labute approximate surface area is 122 Å². The highest BCUT2D eigenvalue weighted by Gasteiger charge is 2.25. The summed E-state index contributed by atoms with van der Waals surface area (Å²) in [6.45, 7) is 1.72. The molecular formula is C14H16ClN3O2. The first-order valence-electron chi connectivity index (χ1n) is 6.69. The molecule has 0 bridgehead atoms. The monoisotopic (exact) mass is 293 g/mol. The van der Waals surface area contributed by atoms with Gasteiger partial charge in [-0.25, -0.2) is 0 Å². The van der Waals surface area contributed by atoms with Crippen LogP contribution in [0.5, 0.6) is 0 Å². The van der Waals surface area contributed by atoms with E-state index in [-0.39, 0.29) is 12.6 Å². The van der Waals surface area contributed by atoms with Gasteiger partial charge in [0.1, 0.15) is 0 Å². The highest BCUT2D eigenvalue weighted by Crippen LogP contribution is 2.22. The molecule has 20 heavy (non-hydrogen) atoms. The van der Waals surface area contributed by atoms with Crippen LogP contribution in [0.2, 0.25) is 5.02 Å². The lowest BCUT2D eigenvalue weighted by Gasteiger charge is -2.20. The van der Waals surface area contributed by atoms with E-state index in [1.165, 1.54) is 0 Å². The predicted molar refractivity (Wildman–Crippen MR) is 75.3 cm³/mol. The molecule has 2 heterocycles. The fourth-order valence-corrected chi connectivity index (χ4v) is 2.74. The number of rotatable bonds is 4. The van der Waals surface area contributed by atoms with Gasteiger partial charge >= 0.3 is 0 Å². The van der Waals surface area contributed by atoms with Crippen LogP contribution >= 0.6 is 11.6 Å². The molecule has 1 fully saturated rings. The predicted octanol–water partition coefficient (Wildman–Crippen LogP) is 2.35. The van der Waals surface area contributed by atoms with E-state index >= 15 is 0 Å². The quantitative estimate of drug-likeness (QED) is 0.937. The lowest BCUT2D eigenvalue weighted by atomic mass is 10.2. The van der Waals surface area contributed by atoms with Crippen molar-refractivity contribution in [3.8, 4) is 11.4 Å². The summed E-state index contributed by atoms with van der Waals surface area (Å²) in [6, 6.07) is 7.57. The van der Waals surface area contributed by atoms with Crippen molar-refractivity contribution in [2.24, 2.45) is 0 Å². The number of halogens is 1. The van der Waals surface area contributed by atoms with E-state index < -0.39 is 0 Å². The first-order chi connectivity index (χ1) is 9.76. The average molecular weight is 294 g/mol. The van der Waals surface area contributed by atoms with Crippen LogP contribution in [0.1, 0.15) is 18.7 Å². The number of hydrogen-bond acceptors (Lipinski definition) is 5. The fourth-order valence-electron chi connectivity index (χ4n) is 2.55. The van der Waals surface area contributed by atoms with Crippen LogP contribution in [-0.4, -0.2) is 39.3 Å². The van der Waals surface area contributed by atoms with Gasteiger partial charge in [-0.15, -0.1) is 0 Å². The zero-order chi connectivity index (χ0) is 13.9. The molecule has 1 aliphatic rings. The number of aromatic nitrogens is 2. The number of aliphatic hydroxyl groups excluding tert-OH is 1. The Balaban J connectivity index is 1.74. The summed E-state index contributed by atoms with van der Waals surface area (Å²) in [5.41, 5.74) is 0.840. The van der Waals surface area contributed by atoms with Crippen molar-refractivity contribution in [1.82, 2.24) is 15.0 Å². The SMILES string of the molecule is OC[C@@H]1CCCN1Cc1nc(-c2cccc(Cl)c2)no1. The molecule has 3 rings (SSSR count). The summed E-state index contributed by atoms with van der Waals surface area (Å²) >= 11 is 5.95. The molecule has 0 aliphatic carbocycles. The van der Waals surface area contributed by atoms with Crippen molar-refractivity contribution in [3.05, 3.63) is 35.2 Å². The minimum Gasteiger partial charge on any atom is -0.395 e. The van der Waals surface area contributed by atoms with E-state index in [4.69, 9.17) is 16.1 Å². The van der Waals surface area contributed by atoms with E-state index in [1.807, 2.05) is 24.3 Å². The van der Waals surface area contributed by atoms with Crippen LogP contribution in [0.15, 0.2) is 28.8 Å². The molecular weight excluding hydrogens is 278 g/mol. The summed E-state index contributed by atoms with van der Waals surface area (Å²) in [5.74, 6) is 1.11. The zero-order valence-corrected chi connectivity index (χ0v) is 11.8. The van der Waals surface area contributed by atoms with Crippen LogP contribution in [0.25, 0.3) is 11.4 Å². The Morgan fingerprint density at radius 2 is 2.35 bits per heavy atom. The van der Waals surface area contributed by atoms with E-state index in [9.17, 15) is 5.11 Å². The van der Waals surface area contributed by atoms with Gasteiger partial charge in [0.25, 0.3) is 0 Å². The van der Waals surface area contributed by atoms with Crippen molar-refractivity contribution < 1.29 is 9.63 Å². The normalized spacial score (nSPS) is 19.6. The molecule has 106 valence electrons. The smallest absolute Gasteiger partial charge is 0.241 e. The Morgan fingerprint density at radius 3 is 3.15 bits per heavy atom. The van der Waals surface area contributed by atoms with Crippen LogP contribution in [-0.2, 0) is 6.54 Å². The summed E-state index contributed by atoms with van der Waals surface area (Å²) in [4.78, 5) is 6.57. The topological polar surface area (TPSA) is 62.4 Å². The maximum absolute atomic E-state index is 9.31. The minimum absolute atomic E-state index is 0.176. The second-order valence-electron chi connectivity index (χ2n) is 4.97. The molecule has 6 heteroatoms. The molecule has 1 atom stereocenters. The number of likely N-dealkylation sites (tertiary alicyclic amines) is 1. The van der Waals surface area contributed by atoms with Crippen LogP contribution in [0.3, 0.4) is 0 Å². The van der Waals surface area contributed by atoms with Gasteiger partial charge in [-0.1, -0.05) is 28.9 Å². The standard InChI is InChI=1S/C14H16ClN3O2/c15-11-4-1-3-10(7-11)14-16-13(20-17-14)8-18-6-2-5-12(18)9-19/h1,3-4,7,12,19H,2,5-6,8-9H2/t12-/m0/s1. The fraction of sp³-hybridized carbons (Fsp3) is 0.429. The van der Waals surface area contributed by atoms with E-state index in [0.29, 0.717) is 23.3 Å². The molecule has 5 nitrogen and oxygen atoms in total. The van der Waals surface area contributed by atoms with Gasteiger partial charge in [0.15, 0.2) is 0 Å². The summed E-state index contributed by atoms with van der Waals surface area (Å²) in [6.07, 6.45) is 2.12. The van der Waals surface area contributed by atoms with Crippen LogP contribution in [0, 0.1) is 0 Å². The van der Waals surface area contributed by atoms with Gasteiger partial charge < -0.3 is 9.63 Å². The zero-order valence-electron chi connectivity index (χ0n) is 11.0. The van der Waals surface area contributed by atoms with Gasteiger partial charge in [0.2, 0.25) is 11.7 Å². The van der Waals surface area contributed by atoms with Gasteiger partial charge in [-0.2, -0.15) is 4.98 Å². The van der Waals surface area contributed by atoms with Gasteiger partial charge in [-0.3, -0.25) is 4.90 Å². The maximum Gasteiger partial charge on any atom is 0.241 e.